The van der Waals surface area contributed by atoms with Crippen molar-refractivity contribution < 1.29 is 4.42 Å². The van der Waals surface area contributed by atoms with E-state index in [1.54, 1.807) is 0 Å². The van der Waals surface area contributed by atoms with E-state index >= 15 is 0 Å². The number of nitrogens with zero attached hydrogens (tertiary/aromatic N) is 3. The molecule has 1 fully saturated rings. The van der Waals surface area contributed by atoms with Gasteiger partial charge in [-0.25, -0.2) is 9.97 Å². The largest absolute Gasteiger partial charge is 0.439 e. The fourth-order valence-corrected chi connectivity index (χ4v) is 3.28. The Hall–Kier alpha value is -2.40. The highest BCUT2D eigenvalue weighted by molar-refractivity contribution is 5.72. The molecule has 0 radical (unpaired) electrons. The number of rotatable bonds is 5. The Morgan fingerprint density at radius 2 is 2.21 bits per heavy atom. The Balaban J connectivity index is 1.31. The van der Waals surface area contributed by atoms with Gasteiger partial charge in [-0.3, -0.25) is 4.90 Å². The van der Waals surface area contributed by atoms with E-state index in [0.29, 0.717) is 5.92 Å². The third-order valence-corrected chi connectivity index (χ3v) is 4.55. The molecule has 24 heavy (non-hydrogen) atoms. The third kappa shape index (κ3) is 3.41. The number of para-hydroxylation sites is 2. The van der Waals surface area contributed by atoms with Gasteiger partial charge >= 0.3 is 0 Å². The molecule has 0 spiro atoms. The summed E-state index contributed by atoms with van der Waals surface area (Å²) in [7, 11) is 0. The summed E-state index contributed by atoms with van der Waals surface area (Å²) in [4.78, 5) is 11.3. The number of aromatic nitrogens is 2. The minimum Gasteiger partial charge on any atom is -0.439 e. The molecular weight excluding hydrogens is 300 g/mol. The Morgan fingerprint density at radius 3 is 3.08 bits per heavy atom. The van der Waals surface area contributed by atoms with Gasteiger partial charge in [0.2, 0.25) is 5.89 Å². The lowest BCUT2D eigenvalue weighted by molar-refractivity contribution is 0.286. The number of hydrogen-bond acceptors (Lipinski definition) is 5. The molecule has 1 N–H and O–H groups in total. The summed E-state index contributed by atoms with van der Waals surface area (Å²) in [6.07, 6.45) is 3.05. The predicted molar refractivity (Wildman–Crippen MR) is 94.9 cm³/mol. The zero-order valence-electron chi connectivity index (χ0n) is 13.9. The van der Waals surface area contributed by atoms with Crippen LogP contribution in [0.2, 0.25) is 0 Å². The molecule has 1 saturated heterocycles. The van der Waals surface area contributed by atoms with E-state index in [2.05, 4.69) is 33.2 Å². The molecular formula is C19H22N4O. The molecule has 0 saturated carbocycles. The molecule has 1 aliphatic heterocycles. The number of aryl methyl sites for hydroxylation is 1. The molecule has 1 aromatic carbocycles. The zero-order valence-corrected chi connectivity index (χ0v) is 13.9. The lowest BCUT2D eigenvalue weighted by atomic mass is 10.1. The van der Waals surface area contributed by atoms with Crippen LogP contribution in [0.15, 0.2) is 47.0 Å². The maximum Gasteiger partial charge on any atom is 0.209 e. The van der Waals surface area contributed by atoms with Crippen LogP contribution in [0.1, 0.15) is 17.9 Å². The smallest absolute Gasteiger partial charge is 0.209 e. The van der Waals surface area contributed by atoms with Crippen molar-refractivity contribution in [1.29, 1.82) is 0 Å². The maximum absolute atomic E-state index is 5.83. The van der Waals surface area contributed by atoms with Crippen molar-refractivity contribution in [3.05, 3.63) is 54.0 Å². The number of benzene rings is 1. The molecule has 124 valence electrons. The summed E-state index contributed by atoms with van der Waals surface area (Å²) in [6.45, 7) is 5.99. The van der Waals surface area contributed by atoms with Gasteiger partial charge in [0.05, 0.1) is 6.54 Å². The van der Waals surface area contributed by atoms with E-state index in [4.69, 9.17) is 4.42 Å². The lowest BCUT2D eigenvalue weighted by Crippen LogP contribution is -2.23. The highest BCUT2D eigenvalue weighted by Gasteiger charge is 2.23. The Bertz CT molecular complexity index is 796. The standard InChI is InChI=1S/C19H22N4O/c1-14-6-8-20-18(10-14)21-11-15-7-9-23(12-15)13-19-22-16-4-2-3-5-17(16)24-19/h2-6,8,10,15H,7,9,11-13H2,1H3,(H,20,21)/t15-/m0/s1. The van der Waals surface area contributed by atoms with Gasteiger partial charge in [-0.1, -0.05) is 12.1 Å². The summed E-state index contributed by atoms with van der Waals surface area (Å²) < 4.78 is 5.83. The van der Waals surface area contributed by atoms with Gasteiger partial charge in [-0.15, -0.1) is 0 Å². The second-order valence-corrected chi connectivity index (χ2v) is 6.56. The summed E-state index contributed by atoms with van der Waals surface area (Å²) in [5, 5.41) is 3.46. The molecule has 1 aliphatic rings. The Kier molecular flexibility index (Phi) is 4.17. The molecule has 4 rings (SSSR count). The molecule has 3 aromatic rings. The molecule has 0 aliphatic carbocycles. The van der Waals surface area contributed by atoms with Crippen LogP contribution in [-0.2, 0) is 6.54 Å². The Morgan fingerprint density at radius 1 is 1.29 bits per heavy atom. The minimum absolute atomic E-state index is 0.636. The molecule has 2 aromatic heterocycles. The van der Waals surface area contributed by atoms with Crippen molar-refractivity contribution in [3.8, 4) is 0 Å². The van der Waals surface area contributed by atoms with Crippen LogP contribution in [-0.4, -0.2) is 34.5 Å². The van der Waals surface area contributed by atoms with Crippen LogP contribution in [0.25, 0.3) is 11.1 Å². The van der Waals surface area contributed by atoms with Crippen LogP contribution in [0.3, 0.4) is 0 Å². The van der Waals surface area contributed by atoms with Crippen molar-refractivity contribution in [2.24, 2.45) is 5.92 Å². The number of likely N-dealkylation sites (tertiary alicyclic amines) is 1. The number of oxazole rings is 1. The zero-order chi connectivity index (χ0) is 16.4. The summed E-state index contributed by atoms with van der Waals surface area (Å²) in [5.41, 5.74) is 3.04. The monoisotopic (exact) mass is 322 g/mol. The lowest BCUT2D eigenvalue weighted by Gasteiger charge is -2.14. The number of anilines is 1. The Labute approximate surface area is 141 Å². The number of fused-ring (bicyclic) bond motifs is 1. The van der Waals surface area contributed by atoms with Crippen molar-refractivity contribution in [1.82, 2.24) is 14.9 Å². The van der Waals surface area contributed by atoms with E-state index in [1.165, 1.54) is 12.0 Å². The highest BCUT2D eigenvalue weighted by Crippen LogP contribution is 2.21. The van der Waals surface area contributed by atoms with E-state index in [-0.39, 0.29) is 0 Å². The van der Waals surface area contributed by atoms with Crippen LogP contribution < -0.4 is 5.32 Å². The van der Waals surface area contributed by atoms with Gasteiger partial charge in [0.25, 0.3) is 0 Å². The molecule has 3 heterocycles. The first-order valence-corrected chi connectivity index (χ1v) is 8.49. The SMILES string of the molecule is Cc1ccnc(NC[C@@H]2CCN(Cc3nc4ccccc4o3)C2)c1. The van der Waals surface area contributed by atoms with Crippen molar-refractivity contribution in [3.63, 3.8) is 0 Å². The quantitative estimate of drug-likeness (QED) is 0.779. The van der Waals surface area contributed by atoms with E-state index in [9.17, 15) is 0 Å². The molecule has 5 nitrogen and oxygen atoms in total. The summed E-state index contributed by atoms with van der Waals surface area (Å²) in [6, 6.07) is 12.0. The van der Waals surface area contributed by atoms with Crippen LogP contribution in [0, 0.1) is 12.8 Å². The average molecular weight is 322 g/mol. The van der Waals surface area contributed by atoms with Crippen LogP contribution in [0.5, 0.6) is 0 Å². The molecule has 1 atom stereocenters. The maximum atomic E-state index is 5.83. The summed E-state index contributed by atoms with van der Waals surface area (Å²) >= 11 is 0. The van der Waals surface area contributed by atoms with Crippen LogP contribution >= 0.6 is 0 Å². The van der Waals surface area contributed by atoms with E-state index in [0.717, 1.165) is 49.0 Å². The molecule has 0 bridgehead atoms. The van der Waals surface area contributed by atoms with Gasteiger partial charge in [0.15, 0.2) is 5.58 Å². The van der Waals surface area contributed by atoms with Crippen molar-refractivity contribution >= 4 is 16.9 Å². The van der Waals surface area contributed by atoms with E-state index in [1.807, 2.05) is 36.5 Å². The number of nitrogens with one attached hydrogen (secondary N) is 1. The first-order valence-electron chi connectivity index (χ1n) is 8.49. The van der Waals surface area contributed by atoms with Gasteiger partial charge < -0.3 is 9.73 Å². The number of hydrogen-bond donors (Lipinski definition) is 1. The van der Waals surface area contributed by atoms with Gasteiger partial charge in [0.1, 0.15) is 11.3 Å². The second kappa shape index (κ2) is 6.61. The third-order valence-electron chi connectivity index (χ3n) is 4.55. The minimum atomic E-state index is 0.636. The highest BCUT2D eigenvalue weighted by atomic mass is 16.3. The second-order valence-electron chi connectivity index (χ2n) is 6.56. The van der Waals surface area contributed by atoms with Gasteiger partial charge in [-0.05, 0) is 55.6 Å². The first kappa shape index (κ1) is 15.1. The molecule has 0 unspecified atom stereocenters. The number of pyridine rings is 1. The average Bonchev–Trinajstić information content (AvgIpc) is 3.19. The van der Waals surface area contributed by atoms with Gasteiger partial charge in [0, 0.05) is 19.3 Å². The molecule has 5 heteroatoms. The van der Waals surface area contributed by atoms with Crippen molar-refractivity contribution in [2.75, 3.05) is 25.0 Å². The predicted octanol–water partition coefficient (Wildman–Crippen LogP) is 3.47. The fraction of sp³-hybridized carbons (Fsp3) is 0.368. The topological polar surface area (TPSA) is 54.2 Å². The van der Waals surface area contributed by atoms with Crippen molar-refractivity contribution in [2.45, 2.75) is 19.9 Å². The normalized spacial score (nSPS) is 18.3. The fourth-order valence-electron chi connectivity index (χ4n) is 3.28. The van der Waals surface area contributed by atoms with Gasteiger partial charge in [-0.2, -0.15) is 0 Å². The van der Waals surface area contributed by atoms with E-state index < -0.39 is 0 Å². The summed E-state index contributed by atoms with van der Waals surface area (Å²) in [5.74, 6) is 2.41. The molecule has 0 amide bonds. The first-order chi connectivity index (χ1) is 11.8. The van der Waals surface area contributed by atoms with Crippen LogP contribution in [0.4, 0.5) is 5.82 Å².